The summed E-state index contributed by atoms with van der Waals surface area (Å²) in [4.78, 5) is 0. The number of anilines is 4. The van der Waals surface area contributed by atoms with Crippen LogP contribution in [-0.2, 0) is 0 Å². The highest BCUT2D eigenvalue weighted by atomic mass is 35.5. The van der Waals surface area contributed by atoms with Crippen LogP contribution in [0.4, 0.5) is 22.7 Å². The number of rotatable bonds is 4. The molecule has 2 rings (SSSR count). The third-order valence-corrected chi connectivity index (χ3v) is 3.14. The molecule has 0 amide bonds. The average molecular weight is 289 g/mol. The fraction of sp³-hybridized carbons (Fsp3) is 0.0667. The Hall–Kier alpha value is -2.33. The molecular formula is C15H17ClN4. The fourth-order valence-corrected chi connectivity index (χ4v) is 1.96. The van der Waals surface area contributed by atoms with Crippen molar-refractivity contribution in [1.82, 2.24) is 0 Å². The second-order valence-corrected chi connectivity index (χ2v) is 4.82. The van der Waals surface area contributed by atoms with Gasteiger partial charge < -0.3 is 22.5 Å². The molecule has 4 nitrogen and oxygen atoms in total. The van der Waals surface area contributed by atoms with Crippen LogP contribution in [0.3, 0.4) is 0 Å². The fourth-order valence-electron chi connectivity index (χ4n) is 1.77. The number of hydrogen-bond acceptors (Lipinski definition) is 4. The molecule has 0 fully saturated rings. The van der Waals surface area contributed by atoms with Gasteiger partial charge in [0.1, 0.15) is 0 Å². The monoisotopic (exact) mass is 288 g/mol. The van der Waals surface area contributed by atoms with E-state index in [1.165, 1.54) is 0 Å². The van der Waals surface area contributed by atoms with E-state index in [0.29, 0.717) is 28.6 Å². The first-order valence-corrected chi connectivity index (χ1v) is 6.54. The molecule has 5 heteroatoms. The van der Waals surface area contributed by atoms with Crippen LogP contribution in [-0.4, -0.2) is 6.54 Å². The number of nitrogens with two attached hydrogens (primary N) is 3. The molecule has 0 saturated heterocycles. The lowest BCUT2D eigenvalue weighted by atomic mass is 10.1. The molecule has 0 aliphatic carbocycles. The summed E-state index contributed by atoms with van der Waals surface area (Å²) in [5.74, 6) is 0. The summed E-state index contributed by atoms with van der Waals surface area (Å²) in [6.07, 6.45) is 3.86. The minimum Gasteiger partial charge on any atom is -0.399 e. The quantitative estimate of drug-likeness (QED) is 0.650. The minimum atomic E-state index is 0.609. The van der Waals surface area contributed by atoms with Gasteiger partial charge in [0.15, 0.2) is 0 Å². The zero-order valence-electron chi connectivity index (χ0n) is 10.9. The Kier molecular flexibility index (Phi) is 4.38. The maximum absolute atomic E-state index is 6.06. The molecule has 0 saturated carbocycles. The number of nitrogen functional groups attached to an aromatic ring is 3. The molecule has 0 heterocycles. The molecule has 2 aromatic rings. The zero-order valence-corrected chi connectivity index (χ0v) is 11.7. The molecule has 0 aromatic heterocycles. The minimum absolute atomic E-state index is 0.609. The molecule has 20 heavy (non-hydrogen) atoms. The van der Waals surface area contributed by atoms with Crippen LogP contribution in [0, 0.1) is 0 Å². The third-order valence-electron chi connectivity index (χ3n) is 2.81. The van der Waals surface area contributed by atoms with Gasteiger partial charge in [0.05, 0.1) is 10.7 Å². The normalized spacial score (nSPS) is 10.8. The number of halogens is 1. The number of hydrogen-bond donors (Lipinski definition) is 4. The van der Waals surface area contributed by atoms with Gasteiger partial charge in [0.2, 0.25) is 0 Å². The van der Waals surface area contributed by atoms with Crippen LogP contribution in [0.5, 0.6) is 0 Å². The van der Waals surface area contributed by atoms with Crippen LogP contribution in [0.15, 0.2) is 42.5 Å². The van der Waals surface area contributed by atoms with Crippen LogP contribution in [0.2, 0.25) is 5.02 Å². The van der Waals surface area contributed by atoms with Gasteiger partial charge in [-0.25, -0.2) is 0 Å². The largest absolute Gasteiger partial charge is 0.399 e. The highest BCUT2D eigenvalue weighted by molar-refractivity contribution is 6.33. The summed E-state index contributed by atoms with van der Waals surface area (Å²) in [6, 6.07) is 10.7. The Bertz CT molecular complexity index is 638. The van der Waals surface area contributed by atoms with E-state index in [4.69, 9.17) is 28.8 Å². The maximum Gasteiger partial charge on any atom is 0.0639 e. The van der Waals surface area contributed by atoms with Crippen molar-refractivity contribution in [2.75, 3.05) is 29.1 Å². The van der Waals surface area contributed by atoms with E-state index < -0.39 is 0 Å². The van der Waals surface area contributed by atoms with Crippen molar-refractivity contribution in [2.24, 2.45) is 0 Å². The second-order valence-electron chi connectivity index (χ2n) is 4.41. The molecule has 0 unspecified atom stereocenters. The molecule has 7 N–H and O–H groups in total. The van der Waals surface area contributed by atoms with Crippen molar-refractivity contribution >= 4 is 40.4 Å². The second kappa shape index (κ2) is 6.21. The van der Waals surface area contributed by atoms with E-state index in [-0.39, 0.29) is 0 Å². The summed E-state index contributed by atoms with van der Waals surface area (Å²) in [6.45, 7) is 0.609. The topological polar surface area (TPSA) is 90.1 Å². The van der Waals surface area contributed by atoms with Gasteiger partial charge in [0.25, 0.3) is 0 Å². The van der Waals surface area contributed by atoms with Crippen molar-refractivity contribution < 1.29 is 0 Å². The predicted octanol–water partition coefficient (Wildman–Crippen LogP) is 3.21. The van der Waals surface area contributed by atoms with E-state index in [2.05, 4.69) is 5.32 Å². The SMILES string of the molecule is Nc1ccc(N)c(C=CCNc2cc(N)ccc2Cl)c1. The molecule has 0 radical (unpaired) electrons. The number of nitrogens with one attached hydrogen (secondary N) is 1. The summed E-state index contributed by atoms with van der Waals surface area (Å²) in [7, 11) is 0. The smallest absolute Gasteiger partial charge is 0.0639 e. The molecule has 2 aromatic carbocycles. The Morgan fingerprint density at radius 3 is 2.50 bits per heavy atom. The van der Waals surface area contributed by atoms with Crippen molar-refractivity contribution in [3.05, 3.63) is 53.1 Å². The van der Waals surface area contributed by atoms with E-state index >= 15 is 0 Å². The standard InChI is InChI=1S/C15H17ClN4/c16-13-5-3-12(18)9-15(13)20-7-1-2-10-8-11(17)4-6-14(10)19/h1-6,8-9,20H,7,17-19H2. The lowest BCUT2D eigenvalue weighted by Crippen LogP contribution is -2.00. The van der Waals surface area contributed by atoms with E-state index in [0.717, 1.165) is 11.3 Å². The van der Waals surface area contributed by atoms with Gasteiger partial charge in [-0.15, -0.1) is 0 Å². The Morgan fingerprint density at radius 2 is 1.70 bits per heavy atom. The lowest BCUT2D eigenvalue weighted by molar-refractivity contribution is 1.34. The van der Waals surface area contributed by atoms with Crippen molar-refractivity contribution in [1.29, 1.82) is 0 Å². The van der Waals surface area contributed by atoms with E-state index in [9.17, 15) is 0 Å². The Labute approximate surface area is 123 Å². The summed E-state index contributed by atoms with van der Waals surface area (Å²) < 4.78 is 0. The third kappa shape index (κ3) is 3.59. The van der Waals surface area contributed by atoms with Crippen LogP contribution in [0.25, 0.3) is 6.08 Å². The highest BCUT2D eigenvalue weighted by Gasteiger charge is 1.99. The summed E-state index contributed by atoms with van der Waals surface area (Å²) in [5.41, 5.74) is 21.0. The van der Waals surface area contributed by atoms with Crippen LogP contribution >= 0.6 is 11.6 Å². The molecule has 0 atom stereocenters. The van der Waals surface area contributed by atoms with Crippen molar-refractivity contribution in [2.45, 2.75) is 0 Å². The van der Waals surface area contributed by atoms with Crippen molar-refractivity contribution in [3.63, 3.8) is 0 Å². The Balaban J connectivity index is 2.00. The van der Waals surface area contributed by atoms with Gasteiger partial charge in [0, 0.05) is 23.6 Å². The first kappa shape index (κ1) is 14.1. The predicted molar refractivity (Wildman–Crippen MR) is 88.7 cm³/mol. The molecule has 104 valence electrons. The van der Waals surface area contributed by atoms with E-state index in [1.54, 1.807) is 30.3 Å². The van der Waals surface area contributed by atoms with E-state index in [1.807, 2.05) is 18.2 Å². The molecule has 0 aliphatic heterocycles. The Morgan fingerprint density at radius 1 is 1.00 bits per heavy atom. The highest BCUT2D eigenvalue weighted by Crippen LogP contribution is 2.24. The molecule has 0 aliphatic rings. The number of benzene rings is 2. The molecule has 0 spiro atoms. The van der Waals surface area contributed by atoms with Gasteiger partial charge in [-0.1, -0.05) is 23.8 Å². The first-order chi connectivity index (χ1) is 9.56. The lowest BCUT2D eigenvalue weighted by Gasteiger charge is -2.07. The maximum atomic E-state index is 6.06. The van der Waals surface area contributed by atoms with Gasteiger partial charge >= 0.3 is 0 Å². The first-order valence-electron chi connectivity index (χ1n) is 6.16. The average Bonchev–Trinajstić information content (AvgIpc) is 2.42. The summed E-state index contributed by atoms with van der Waals surface area (Å²) >= 11 is 6.06. The van der Waals surface area contributed by atoms with Gasteiger partial charge in [-0.3, -0.25) is 0 Å². The molecular weight excluding hydrogens is 272 g/mol. The van der Waals surface area contributed by atoms with Crippen LogP contribution < -0.4 is 22.5 Å². The zero-order chi connectivity index (χ0) is 14.5. The van der Waals surface area contributed by atoms with Crippen LogP contribution in [0.1, 0.15) is 5.56 Å². The summed E-state index contributed by atoms with van der Waals surface area (Å²) in [5, 5.41) is 3.82. The van der Waals surface area contributed by atoms with Gasteiger partial charge in [-0.2, -0.15) is 0 Å². The molecule has 0 bridgehead atoms. The van der Waals surface area contributed by atoms with Gasteiger partial charge in [-0.05, 0) is 42.0 Å². The van der Waals surface area contributed by atoms with Crippen molar-refractivity contribution in [3.8, 4) is 0 Å².